The molecule has 0 fully saturated rings. The molecule has 3 heteroatoms. The first-order valence-electron chi connectivity index (χ1n) is 6.72. The van der Waals surface area contributed by atoms with Crippen LogP contribution in [0.25, 0.3) is 11.3 Å². The minimum absolute atomic E-state index is 0.516. The normalized spacial score (nSPS) is 11.6. The lowest BCUT2D eigenvalue weighted by Gasteiger charge is -2.17. The van der Waals surface area contributed by atoms with E-state index in [1.54, 1.807) is 6.20 Å². The monoisotopic (exact) mass is 255 g/mol. The van der Waals surface area contributed by atoms with Gasteiger partial charge in [0.15, 0.2) is 0 Å². The molecule has 0 bridgehead atoms. The maximum absolute atomic E-state index is 6.04. The van der Waals surface area contributed by atoms with Crippen molar-refractivity contribution in [2.24, 2.45) is 5.73 Å². The first kappa shape index (κ1) is 13.7. The van der Waals surface area contributed by atoms with Crippen LogP contribution in [-0.4, -0.2) is 9.97 Å². The lowest BCUT2D eigenvalue weighted by molar-refractivity contribution is 0.514. The maximum atomic E-state index is 6.04. The number of nitrogens with two attached hydrogens (primary N) is 1. The zero-order chi connectivity index (χ0) is 13.9. The van der Waals surface area contributed by atoms with E-state index in [9.17, 15) is 0 Å². The molecule has 100 valence electrons. The van der Waals surface area contributed by atoms with Crippen LogP contribution in [-0.2, 0) is 12.0 Å². The van der Waals surface area contributed by atoms with E-state index in [2.05, 4.69) is 41.2 Å². The number of hydrogen-bond donors (Lipinski definition) is 1. The van der Waals surface area contributed by atoms with Crippen molar-refractivity contribution < 1.29 is 0 Å². The SMILES string of the molecule is CCCc1ccc(-c2ccnc(C(C)(C)N)n2)cc1. The Balaban J connectivity index is 2.31. The summed E-state index contributed by atoms with van der Waals surface area (Å²) in [6.45, 7) is 6.01. The molecule has 2 rings (SSSR count). The van der Waals surface area contributed by atoms with Crippen molar-refractivity contribution >= 4 is 0 Å². The number of aromatic nitrogens is 2. The summed E-state index contributed by atoms with van der Waals surface area (Å²) in [7, 11) is 0. The predicted octanol–water partition coefficient (Wildman–Crippen LogP) is 3.29. The van der Waals surface area contributed by atoms with Crippen LogP contribution in [0.4, 0.5) is 0 Å². The second-order valence-electron chi connectivity index (χ2n) is 5.43. The predicted molar refractivity (Wildman–Crippen MR) is 78.7 cm³/mol. The molecule has 0 saturated heterocycles. The fourth-order valence-electron chi connectivity index (χ4n) is 1.96. The van der Waals surface area contributed by atoms with Gasteiger partial charge in [0.05, 0.1) is 11.2 Å². The Morgan fingerprint density at radius 1 is 1.11 bits per heavy atom. The number of benzene rings is 1. The molecule has 0 amide bonds. The molecule has 19 heavy (non-hydrogen) atoms. The molecule has 1 heterocycles. The molecule has 2 aromatic rings. The van der Waals surface area contributed by atoms with Crippen molar-refractivity contribution in [1.29, 1.82) is 0 Å². The maximum Gasteiger partial charge on any atom is 0.148 e. The number of hydrogen-bond acceptors (Lipinski definition) is 3. The van der Waals surface area contributed by atoms with Crippen molar-refractivity contribution in [3.05, 3.63) is 47.9 Å². The molecule has 0 aliphatic carbocycles. The molecule has 0 atom stereocenters. The highest BCUT2D eigenvalue weighted by atomic mass is 14.9. The van der Waals surface area contributed by atoms with Gasteiger partial charge < -0.3 is 5.73 Å². The highest BCUT2D eigenvalue weighted by Crippen LogP contribution is 2.20. The van der Waals surface area contributed by atoms with E-state index in [-0.39, 0.29) is 0 Å². The molecule has 0 spiro atoms. The quantitative estimate of drug-likeness (QED) is 0.912. The van der Waals surface area contributed by atoms with Gasteiger partial charge in [-0.15, -0.1) is 0 Å². The van der Waals surface area contributed by atoms with Gasteiger partial charge in [-0.05, 0) is 31.9 Å². The van der Waals surface area contributed by atoms with Crippen LogP contribution in [0.1, 0.15) is 38.6 Å². The standard InChI is InChI=1S/C16H21N3/c1-4-5-12-6-8-13(9-7-12)14-10-11-18-15(19-14)16(2,3)17/h6-11H,4-5,17H2,1-3H3. The van der Waals surface area contributed by atoms with Crippen molar-refractivity contribution in [3.63, 3.8) is 0 Å². The third-order valence-corrected chi connectivity index (χ3v) is 3.02. The third kappa shape index (κ3) is 3.38. The van der Waals surface area contributed by atoms with Gasteiger partial charge in [0, 0.05) is 11.8 Å². The van der Waals surface area contributed by atoms with E-state index in [4.69, 9.17) is 5.73 Å². The number of nitrogens with zero attached hydrogens (tertiary/aromatic N) is 2. The Kier molecular flexibility index (Phi) is 3.96. The molecule has 2 N–H and O–H groups in total. The first-order valence-corrected chi connectivity index (χ1v) is 6.72. The summed E-state index contributed by atoms with van der Waals surface area (Å²) in [4.78, 5) is 8.80. The molecule has 0 unspecified atom stereocenters. The van der Waals surface area contributed by atoms with Crippen LogP contribution in [0.5, 0.6) is 0 Å². The van der Waals surface area contributed by atoms with Crippen molar-refractivity contribution in [3.8, 4) is 11.3 Å². The molecule has 0 aliphatic rings. The molecule has 3 nitrogen and oxygen atoms in total. The van der Waals surface area contributed by atoms with Crippen molar-refractivity contribution in [2.45, 2.75) is 39.2 Å². The summed E-state index contributed by atoms with van der Waals surface area (Å²) < 4.78 is 0. The van der Waals surface area contributed by atoms with Gasteiger partial charge >= 0.3 is 0 Å². The summed E-state index contributed by atoms with van der Waals surface area (Å²) in [6, 6.07) is 10.5. The minimum atomic E-state index is -0.516. The van der Waals surface area contributed by atoms with Crippen LogP contribution in [0.3, 0.4) is 0 Å². The van der Waals surface area contributed by atoms with Crippen LogP contribution in [0.15, 0.2) is 36.5 Å². The molecule has 0 aliphatic heterocycles. The Bertz CT molecular complexity index is 539. The summed E-state index contributed by atoms with van der Waals surface area (Å²) in [6.07, 6.45) is 4.05. The summed E-state index contributed by atoms with van der Waals surface area (Å²) in [5.41, 5.74) is 8.91. The lowest BCUT2D eigenvalue weighted by Crippen LogP contribution is -2.31. The van der Waals surface area contributed by atoms with E-state index >= 15 is 0 Å². The van der Waals surface area contributed by atoms with Gasteiger partial charge in [0.25, 0.3) is 0 Å². The van der Waals surface area contributed by atoms with Gasteiger partial charge in [0.1, 0.15) is 5.82 Å². The van der Waals surface area contributed by atoms with E-state index in [1.165, 1.54) is 12.0 Å². The van der Waals surface area contributed by atoms with E-state index in [1.807, 2.05) is 19.9 Å². The summed E-state index contributed by atoms with van der Waals surface area (Å²) in [5.74, 6) is 0.669. The van der Waals surface area contributed by atoms with E-state index in [0.29, 0.717) is 5.82 Å². The van der Waals surface area contributed by atoms with Gasteiger partial charge in [0.2, 0.25) is 0 Å². The molecular weight excluding hydrogens is 234 g/mol. The highest BCUT2D eigenvalue weighted by molar-refractivity contribution is 5.59. The zero-order valence-electron chi connectivity index (χ0n) is 11.9. The Morgan fingerprint density at radius 2 is 1.79 bits per heavy atom. The smallest absolute Gasteiger partial charge is 0.148 e. The molecule has 1 aromatic heterocycles. The van der Waals surface area contributed by atoms with E-state index < -0.39 is 5.54 Å². The Morgan fingerprint density at radius 3 is 2.37 bits per heavy atom. The summed E-state index contributed by atoms with van der Waals surface area (Å²) >= 11 is 0. The van der Waals surface area contributed by atoms with E-state index in [0.717, 1.165) is 17.7 Å². The fraction of sp³-hybridized carbons (Fsp3) is 0.375. The van der Waals surface area contributed by atoms with Crippen molar-refractivity contribution in [1.82, 2.24) is 9.97 Å². The Labute approximate surface area is 114 Å². The second kappa shape index (κ2) is 5.49. The average Bonchev–Trinajstić information content (AvgIpc) is 2.39. The van der Waals surface area contributed by atoms with Gasteiger partial charge in [-0.25, -0.2) is 9.97 Å². The molecule has 1 aromatic carbocycles. The van der Waals surface area contributed by atoms with Crippen LogP contribution in [0.2, 0.25) is 0 Å². The molecular formula is C16H21N3. The summed E-state index contributed by atoms with van der Waals surface area (Å²) in [5, 5.41) is 0. The average molecular weight is 255 g/mol. The van der Waals surface area contributed by atoms with Crippen LogP contribution < -0.4 is 5.73 Å². The third-order valence-electron chi connectivity index (χ3n) is 3.02. The van der Waals surface area contributed by atoms with Gasteiger partial charge in [-0.1, -0.05) is 37.6 Å². The minimum Gasteiger partial charge on any atom is -0.319 e. The Hall–Kier alpha value is -1.74. The molecule has 0 radical (unpaired) electrons. The molecule has 0 saturated carbocycles. The number of aryl methyl sites for hydroxylation is 1. The van der Waals surface area contributed by atoms with Gasteiger partial charge in [-0.3, -0.25) is 0 Å². The van der Waals surface area contributed by atoms with Crippen LogP contribution >= 0.6 is 0 Å². The van der Waals surface area contributed by atoms with Crippen LogP contribution in [0, 0.1) is 0 Å². The fourth-order valence-corrected chi connectivity index (χ4v) is 1.96. The highest BCUT2D eigenvalue weighted by Gasteiger charge is 2.18. The lowest BCUT2D eigenvalue weighted by atomic mass is 10.0. The largest absolute Gasteiger partial charge is 0.319 e. The topological polar surface area (TPSA) is 51.8 Å². The first-order chi connectivity index (χ1) is 9.00. The zero-order valence-corrected chi connectivity index (χ0v) is 11.9. The number of rotatable bonds is 4. The second-order valence-corrected chi connectivity index (χ2v) is 5.43. The van der Waals surface area contributed by atoms with Gasteiger partial charge in [-0.2, -0.15) is 0 Å². The van der Waals surface area contributed by atoms with Crippen molar-refractivity contribution in [2.75, 3.05) is 0 Å².